The van der Waals surface area contributed by atoms with Crippen LogP contribution >= 0.6 is 0 Å². The molecule has 0 unspecified atom stereocenters. The molecular formula is C65H62BN3O4. The Morgan fingerprint density at radius 3 is 1.88 bits per heavy atom. The Hall–Kier alpha value is -7.58. The van der Waals surface area contributed by atoms with E-state index in [1.807, 2.05) is 12.1 Å². The number of para-hydroxylation sites is 1. The van der Waals surface area contributed by atoms with Crippen LogP contribution in [0.15, 0.2) is 121 Å². The molecular weight excluding hydrogens is 898 g/mol. The number of phenolic OH excluding ortho intramolecular Hbond substituents is 3. The molecule has 0 radical (unpaired) electrons. The van der Waals surface area contributed by atoms with Crippen LogP contribution in [-0.4, -0.2) is 26.6 Å². The highest BCUT2D eigenvalue weighted by atomic mass is 16.5. The average molecular weight is 960 g/mol. The standard InChI is InChI=1S/C65H62BN3O4/c1-34-17-16-20-53-56(34)69-48-33-50-46(32-42(48)54-57(69)61(73-53)60(72)59(71)58(54)70)66-45-25-21-37(63(6,7)8)28-49(45)68(47-26-22-36(27-35(47)2)62(3,4)5)52-30-38(64(9,10)11)29-51(55(52)66)67(50)39-23-24-41-40-18-14-15-19-43(40)65(12,13)44(41)31-39/h14-33,70-72H,1-13H3. The fourth-order valence-electron chi connectivity index (χ4n) is 12.8. The number of aromatic hydroxyl groups is 3. The fourth-order valence-corrected chi connectivity index (χ4v) is 12.8. The van der Waals surface area contributed by atoms with Gasteiger partial charge >= 0.3 is 0 Å². The monoisotopic (exact) mass is 959 g/mol. The summed E-state index contributed by atoms with van der Waals surface area (Å²) in [5.74, 6) is -0.835. The summed E-state index contributed by atoms with van der Waals surface area (Å²) in [6.45, 7) is 29.4. The highest BCUT2D eigenvalue weighted by molar-refractivity contribution is 7.00. The number of ether oxygens (including phenoxy) is 1. The molecule has 7 nitrogen and oxygen atoms in total. The molecule has 0 saturated carbocycles. The lowest BCUT2D eigenvalue weighted by Gasteiger charge is -2.46. The van der Waals surface area contributed by atoms with Crippen molar-refractivity contribution in [2.75, 3.05) is 9.80 Å². The summed E-state index contributed by atoms with van der Waals surface area (Å²) in [4.78, 5) is 5.05. The number of hydrogen-bond acceptors (Lipinski definition) is 6. The minimum atomic E-state index is -0.609. The van der Waals surface area contributed by atoms with Crippen LogP contribution in [0.1, 0.15) is 115 Å². The zero-order chi connectivity index (χ0) is 51.3. The first-order valence-corrected chi connectivity index (χ1v) is 25.8. The molecule has 8 aromatic carbocycles. The normalized spacial score (nSPS) is 14.9. The van der Waals surface area contributed by atoms with Crippen molar-refractivity contribution in [2.24, 2.45) is 0 Å². The molecule has 1 aromatic heterocycles. The third kappa shape index (κ3) is 6.13. The lowest BCUT2D eigenvalue weighted by atomic mass is 9.33. The van der Waals surface area contributed by atoms with Crippen LogP contribution < -0.4 is 30.9 Å². The smallest absolute Gasteiger partial charge is 0.252 e. The summed E-state index contributed by atoms with van der Waals surface area (Å²) in [5.41, 5.74) is 22.6. The molecule has 0 fully saturated rings. The first-order valence-electron chi connectivity index (χ1n) is 25.8. The second kappa shape index (κ2) is 14.6. The Labute approximate surface area is 429 Å². The Balaban J connectivity index is 1.20. The molecule has 0 saturated heterocycles. The first kappa shape index (κ1) is 45.3. The summed E-state index contributed by atoms with van der Waals surface area (Å²) in [6, 6.07) is 45.3. The Morgan fingerprint density at radius 1 is 0.521 bits per heavy atom. The predicted molar refractivity (Wildman–Crippen MR) is 303 cm³/mol. The first-order chi connectivity index (χ1) is 34.4. The number of rotatable bonds is 2. The largest absolute Gasteiger partial charge is 0.504 e. The Morgan fingerprint density at radius 2 is 1.16 bits per heavy atom. The molecule has 4 heterocycles. The van der Waals surface area contributed by atoms with Gasteiger partial charge in [-0.3, -0.25) is 0 Å². The van der Waals surface area contributed by atoms with E-state index in [4.69, 9.17) is 4.74 Å². The summed E-state index contributed by atoms with van der Waals surface area (Å²) in [6.07, 6.45) is 0. The van der Waals surface area contributed by atoms with Crippen molar-refractivity contribution in [3.05, 3.63) is 160 Å². The van der Waals surface area contributed by atoms with E-state index in [0.29, 0.717) is 16.7 Å². The van der Waals surface area contributed by atoms with Crippen molar-refractivity contribution >= 4 is 79.0 Å². The minimum Gasteiger partial charge on any atom is -0.504 e. The van der Waals surface area contributed by atoms with Crippen molar-refractivity contribution in [1.82, 2.24) is 4.57 Å². The maximum Gasteiger partial charge on any atom is 0.252 e. The molecule has 8 heteroatoms. The number of phenols is 3. The molecule has 73 heavy (non-hydrogen) atoms. The van der Waals surface area contributed by atoms with Gasteiger partial charge in [-0.2, -0.15) is 0 Å². The number of anilines is 6. The number of hydrogen-bond donors (Lipinski definition) is 3. The SMILES string of the molecule is Cc1cc(C(C)(C)C)ccc1N1c2cc(C(C)(C)C)ccc2B2c3cc4c5c(O)c(O)c(O)c6c5n(c4cc3N(c3ccc4c(c3)C(C)(C)c3ccccc3-4)c3cc(C(C)(C)C)cc1c32)-c1c(C)cccc1O6. The van der Waals surface area contributed by atoms with E-state index >= 15 is 0 Å². The maximum atomic E-state index is 12.1. The molecule has 0 amide bonds. The Kier molecular flexibility index (Phi) is 9.03. The van der Waals surface area contributed by atoms with Gasteiger partial charge < -0.3 is 34.4 Å². The van der Waals surface area contributed by atoms with Gasteiger partial charge in [0.15, 0.2) is 17.2 Å². The Bertz CT molecular complexity index is 3950. The van der Waals surface area contributed by atoms with Gasteiger partial charge in [0.1, 0.15) is 5.52 Å². The van der Waals surface area contributed by atoms with Gasteiger partial charge in [-0.1, -0.05) is 149 Å². The molecule has 3 N–H and O–H groups in total. The molecule has 0 atom stereocenters. The van der Waals surface area contributed by atoms with Crippen LogP contribution in [0.25, 0.3) is 38.6 Å². The highest BCUT2D eigenvalue weighted by Gasteiger charge is 2.47. The van der Waals surface area contributed by atoms with Gasteiger partial charge in [-0.25, -0.2) is 0 Å². The third-order valence-electron chi connectivity index (χ3n) is 16.8. The van der Waals surface area contributed by atoms with Crippen LogP contribution in [-0.2, 0) is 21.7 Å². The average Bonchev–Trinajstić information content (AvgIpc) is 3.79. The molecule has 364 valence electrons. The zero-order valence-electron chi connectivity index (χ0n) is 44.2. The van der Waals surface area contributed by atoms with Gasteiger partial charge in [-0.05, 0) is 145 Å². The van der Waals surface area contributed by atoms with Gasteiger partial charge in [0, 0.05) is 44.9 Å². The van der Waals surface area contributed by atoms with Gasteiger partial charge in [0.25, 0.3) is 6.71 Å². The second-order valence-corrected chi connectivity index (χ2v) is 24.8. The van der Waals surface area contributed by atoms with Crippen LogP contribution in [0.3, 0.4) is 0 Å². The van der Waals surface area contributed by atoms with E-state index in [-0.39, 0.29) is 39.9 Å². The van der Waals surface area contributed by atoms with E-state index < -0.39 is 11.5 Å². The van der Waals surface area contributed by atoms with E-state index in [2.05, 4.69) is 214 Å². The number of aromatic nitrogens is 1. The lowest BCUT2D eigenvalue weighted by Crippen LogP contribution is -2.61. The number of aryl methyl sites for hydroxylation is 2. The van der Waals surface area contributed by atoms with Crippen molar-refractivity contribution in [2.45, 2.75) is 112 Å². The molecule has 4 aliphatic rings. The lowest BCUT2D eigenvalue weighted by molar-refractivity contribution is 0.352. The number of benzene rings is 8. The minimum absolute atomic E-state index is 0.0273. The van der Waals surface area contributed by atoms with Crippen LogP contribution in [0.2, 0.25) is 0 Å². The zero-order valence-corrected chi connectivity index (χ0v) is 44.2. The van der Waals surface area contributed by atoms with Crippen LogP contribution in [0.5, 0.6) is 28.7 Å². The quantitative estimate of drug-likeness (QED) is 0.118. The molecule has 0 spiro atoms. The summed E-state index contributed by atoms with van der Waals surface area (Å²) < 4.78 is 8.63. The molecule has 0 bridgehead atoms. The number of nitrogens with zero attached hydrogens (tertiary/aromatic N) is 3. The predicted octanol–water partition coefficient (Wildman–Crippen LogP) is 14.9. The van der Waals surface area contributed by atoms with Crippen molar-refractivity contribution < 1.29 is 20.1 Å². The molecule has 1 aliphatic carbocycles. The third-order valence-corrected chi connectivity index (χ3v) is 16.8. The fraction of sp³-hybridized carbons (Fsp3) is 0.262. The topological polar surface area (TPSA) is 81.3 Å². The van der Waals surface area contributed by atoms with E-state index in [1.54, 1.807) is 0 Å². The van der Waals surface area contributed by atoms with Gasteiger partial charge in [0.2, 0.25) is 11.5 Å². The van der Waals surface area contributed by atoms with Crippen molar-refractivity contribution in [1.29, 1.82) is 0 Å². The van der Waals surface area contributed by atoms with E-state index in [1.165, 1.54) is 55.4 Å². The maximum absolute atomic E-state index is 12.1. The highest BCUT2D eigenvalue weighted by Crippen LogP contribution is 2.59. The summed E-state index contributed by atoms with van der Waals surface area (Å²) in [5, 5.41) is 36.4. The van der Waals surface area contributed by atoms with Crippen LogP contribution in [0, 0.1) is 13.8 Å². The van der Waals surface area contributed by atoms with E-state index in [9.17, 15) is 15.3 Å². The molecule has 3 aliphatic heterocycles. The van der Waals surface area contributed by atoms with Crippen LogP contribution in [0.4, 0.5) is 34.1 Å². The van der Waals surface area contributed by atoms with E-state index in [0.717, 1.165) is 61.7 Å². The second-order valence-electron chi connectivity index (χ2n) is 24.8. The van der Waals surface area contributed by atoms with Gasteiger partial charge in [-0.15, -0.1) is 0 Å². The van der Waals surface area contributed by atoms with Crippen molar-refractivity contribution in [3.63, 3.8) is 0 Å². The molecule has 13 rings (SSSR count). The molecule has 9 aromatic rings. The summed E-state index contributed by atoms with van der Waals surface area (Å²) in [7, 11) is 0. The van der Waals surface area contributed by atoms with Gasteiger partial charge in [0.05, 0.1) is 16.6 Å². The number of fused-ring (bicyclic) bond motifs is 12. The van der Waals surface area contributed by atoms with Crippen molar-refractivity contribution in [3.8, 4) is 45.6 Å². The summed E-state index contributed by atoms with van der Waals surface area (Å²) >= 11 is 0.